The number of hydrogen-bond acceptors (Lipinski definition) is 7. The summed E-state index contributed by atoms with van der Waals surface area (Å²) in [5, 5.41) is 7.31. The summed E-state index contributed by atoms with van der Waals surface area (Å²) in [6.07, 6.45) is 2.22. The summed E-state index contributed by atoms with van der Waals surface area (Å²) in [6, 6.07) is 0. The molecule has 1 aromatic heterocycles. The number of esters is 1. The quantitative estimate of drug-likeness (QED) is 0.691. The topological polar surface area (TPSA) is 136 Å². The lowest BCUT2D eigenvalue weighted by atomic mass is 10.4. The minimum absolute atomic E-state index is 0.467. The molecular formula is C9H11N3O6S. The summed E-state index contributed by atoms with van der Waals surface area (Å²) in [5.74, 6) is -2.89. The molecule has 1 aromatic rings. The molecule has 0 aliphatic rings. The van der Waals surface area contributed by atoms with E-state index in [1.165, 1.54) is 0 Å². The highest BCUT2D eigenvalue weighted by atomic mass is 32.2. The summed E-state index contributed by atoms with van der Waals surface area (Å²) in [4.78, 5) is 29.1. The number of carboxylic acids is 1. The third-order valence-corrected chi connectivity index (χ3v) is 3.74. The van der Waals surface area contributed by atoms with E-state index in [4.69, 9.17) is 5.11 Å². The van der Waals surface area contributed by atoms with Crippen molar-refractivity contribution in [2.75, 3.05) is 11.8 Å². The van der Waals surface area contributed by atoms with Gasteiger partial charge in [0.2, 0.25) is 10.0 Å². The molecule has 104 valence electrons. The number of carboxylic acid groups (broad SMARTS) is 1. The molecule has 1 atom stereocenters. The van der Waals surface area contributed by atoms with E-state index in [-0.39, 0.29) is 0 Å². The smallest absolute Gasteiger partial charge is 0.358 e. The van der Waals surface area contributed by atoms with E-state index in [1.54, 1.807) is 0 Å². The fourth-order valence-corrected chi connectivity index (χ4v) is 2.03. The monoisotopic (exact) mass is 289 g/mol. The average Bonchev–Trinajstić information content (AvgIpc) is 2.36. The van der Waals surface area contributed by atoms with Gasteiger partial charge >= 0.3 is 11.9 Å². The second-order valence-corrected chi connectivity index (χ2v) is 5.37. The number of nitrogens with zero attached hydrogens (tertiary/aromatic N) is 2. The standard InChI is InChI=1S/C9H11N3O6S/c1-5(9(15)18-2)19(16,17)12-7-6(8(13)14)10-3-4-11-7/h3-5H,1-2H3,(H,11,12)(H,13,14). The van der Waals surface area contributed by atoms with Crippen LogP contribution in [0.4, 0.5) is 5.82 Å². The van der Waals surface area contributed by atoms with E-state index in [0.717, 1.165) is 26.4 Å². The second-order valence-electron chi connectivity index (χ2n) is 3.37. The van der Waals surface area contributed by atoms with E-state index in [2.05, 4.69) is 14.7 Å². The molecule has 0 spiro atoms. The lowest BCUT2D eigenvalue weighted by Gasteiger charge is -2.12. The van der Waals surface area contributed by atoms with Crippen molar-refractivity contribution in [1.82, 2.24) is 9.97 Å². The normalized spacial score (nSPS) is 12.5. The van der Waals surface area contributed by atoms with Gasteiger partial charge in [-0.1, -0.05) is 0 Å². The highest BCUT2D eigenvalue weighted by Crippen LogP contribution is 2.13. The van der Waals surface area contributed by atoms with Crippen LogP contribution in [-0.4, -0.2) is 47.8 Å². The number of ether oxygens (including phenoxy) is 1. The van der Waals surface area contributed by atoms with Gasteiger partial charge in [0.05, 0.1) is 7.11 Å². The Morgan fingerprint density at radius 3 is 2.47 bits per heavy atom. The van der Waals surface area contributed by atoms with E-state index < -0.39 is 38.7 Å². The van der Waals surface area contributed by atoms with Crippen LogP contribution < -0.4 is 4.72 Å². The van der Waals surface area contributed by atoms with Crippen LogP contribution >= 0.6 is 0 Å². The zero-order valence-corrected chi connectivity index (χ0v) is 10.8. The number of hydrogen-bond donors (Lipinski definition) is 2. The fourth-order valence-electron chi connectivity index (χ4n) is 1.09. The zero-order valence-electron chi connectivity index (χ0n) is 10.0. The summed E-state index contributed by atoms with van der Waals surface area (Å²) < 4.78 is 29.8. The number of anilines is 1. The molecular weight excluding hydrogens is 278 g/mol. The first-order valence-electron chi connectivity index (χ1n) is 4.93. The fraction of sp³-hybridized carbons (Fsp3) is 0.333. The van der Waals surface area contributed by atoms with Crippen molar-refractivity contribution in [1.29, 1.82) is 0 Å². The Morgan fingerprint density at radius 2 is 1.95 bits per heavy atom. The van der Waals surface area contributed by atoms with E-state index in [9.17, 15) is 18.0 Å². The third-order valence-electron chi connectivity index (χ3n) is 2.14. The summed E-state index contributed by atoms with van der Waals surface area (Å²) >= 11 is 0. The molecule has 0 aliphatic heterocycles. The van der Waals surface area contributed by atoms with Gasteiger partial charge in [-0.3, -0.25) is 9.52 Å². The first-order chi connectivity index (χ1) is 8.79. The maximum absolute atomic E-state index is 11.8. The SMILES string of the molecule is COC(=O)C(C)S(=O)(=O)Nc1nccnc1C(=O)O. The Kier molecular flexibility index (Phi) is 4.38. The maximum atomic E-state index is 11.8. The minimum atomic E-state index is -4.17. The number of methoxy groups -OCH3 is 1. The van der Waals surface area contributed by atoms with Crippen LogP contribution in [0.25, 0.3) is 0 Å². The molecule has 19 heavy (non-hydrogen) atoms. The van der Waals surface area contributed by atoms with Gasteiger partial charge in [0, 0.05) is 12.4 Å². The number of carbonyl (C=O) groups excluding carboxylic acids is 1. The van der Waals surface area contributed by atoms with Gasteiger partial charge in [-0.2, -0.15) is 0 Å². The van der Waals surface area contributed by atoms with Crippen LogP contribution in [0.1, 0.15) is 17.4 Å². The van der Waals surface area contributed by atoms with Gasteiger partial charge in [0.15, 0.2) is 16.8 Å². The Morgan fingerprint density at radius 1 is 1.37 bits per heavy atom. The Bertz CT molecular complexity index is 600. The van der Waals surface area contributed by atoms with Crippen LogP contribution in [0, 0.1) is 0 Å². The van der Waals surface area contributed by atoms with Crippen molar-refractivity contribution in [3.8, 4) is 0 Å². The van der Waals surface area contributed by atoms with E-state index >= 15 is 0 Å². The highest BCUT2D eigenvalue weighted by Gasteiger charge is 2.30. The van der Waals surface area contributed by atoms with Gasteiger partial charge in [0.1, 0.15) is 0 Å². The minimum Gasteiger partial charge on any atom is -0.476 e. The average molecular weight is 289 g/mol. The van der Waals surface area contributed by atoms with Crippen LogP contribution in [-0.2, 0) is 19.6 Å². The zero-order chi connectivity index (χ0) is 14.6. The van der Waals surface area contributed by atoms with Gasteiger partial charge in [-0.05, 0) is 6.92 Å². The molecule has 0 aliphatic carbocycles. The number of aromatic carboxylic acids is 1. The van der Waals surface area contributed by atoms with Crippen LogP contribution in [0.15, 0.2) is 12.4 Å². The molecule has 10 heteroatoms. The lowest BCUT2D eigenvalue weighted by molar-refractivity contribution is -0.139. The van der Waals surface area contributed by atoms with E-state index in [1.807, 2.05) is 4.72 Å². The second kappa shape index (κ2) is 5.61. The highest BCUT2D eigenvalue weighted by molar-refractivity contribution is 7.94. The molecule has 0 saturated carbocycles. The predicted molar refractivity (Wildman–Crippen MR) is 63.0 cm³/mol. The van der Waals surface area contributed by atoms with Crippen molar-refractivity contribution in [2.45, 2.75) is 12.2 Å². The van der Waals surface area contributed by atoms with Crippen molar-refractivity contribution in [3.05, 3.63) is 18.1 Å². The number of nitrogens with one attached hydrogen (secondary N) is 1. The largest absolute Gasteiger partial charge is 0.476 e. The molecule has 2 N–H and O–H groups in total. The van der Waals surface area contributed by atoms with Gasteiger partial charge < -0.3 is 9.84 Å². The molecule has 0 saturated heterocycles. The molecule has 9 nitrogen and oxygen atoms in total. The molecule has 1 heterocycles. The van der Waals surface area contributed by atoms with Gasteiger partial charge in [-0.15, -0.1) is 0 Å². The summed E-state index contributed by atoms with van der Waals surface area (Å²) in [7, 11) is -3.13. The predicted octanol–water partition coefficient (Wildman–Crippen LogP) is -0.522. The van der Waals surface area contributed by atoms with Crippen molar-refractivity contribution in [2.24, 2.45) is 0 Å². The number of aromatic nitrogens is 2. The van der Waals surface area contributed by atoms with Crippen LogP contribution in [0.2, 0.25) is 0 Å². The van der Waals surface area contributed by atoms with E-state index in [0.29, 0.717) is 0 Å². The Hall–Kier alpha value is -2.23. The van der Waals surface area contributed by atoms with Crippen LogP contribution in [0.3, 0.4) is 0 Å². The molecule has 0 radical (unpaired) electrons. The molecule has 1 unspecified atom stereocenters. The molecule has 0 aromatic carbocycles. The summed E-state index contributed by atoms with van der Waals surface area (Å²) in [6.45, 7) is 1.10. The maximum Gasteiger partial charge on any atom is 0.358 e. The summed E-state index contributed by atoms with van der Waals surface area (Å²) in [5.41, 5.74) is -0.567. The molecule has 1 rings (SSSR count). The van der Waals surface area contributed by atoms with Crippen LogP contribution in [0.5, 0.6) is 0 Å². The first kappa shape index (κ1) is 14.8. The van der Waals surface area contributed by atoms with Crippen molar-refractivity contribution >= 4 is 27.8 Å². The number of sulfonamides is 1. The number of carbonyl (C=O) groups is 2. The van der Waals surface area contributed by atoms with Gasteiger partial charge in [0.25, 0.3) is 0 Å². The first-order valence-corrected chi connectivity index (χ1v) is 6.48. The van der Waals surface area contributed by atoms with Crippen molar-refractivity contribution in [3.63, 3.8) is 0 Å². The molecule has 0 amide bonds. The number of rotatable bonds is 5. The Labute approximate surface area is 108 Å². The lowest BCUT2D eigenvalue weighted by Crippen LogP contribution is -2.34. The third kappa shape index (κ3) is 3.37. The Balaban J connectivity index is 3.09. The molecule has 0 bridgehead atoms. The van der Waals surface area contributed by atoms with Crippen molar-refractivity contribution < 1.29 is 27.9 Å². The van der Waals surface area contributed by atoms with Gasteiger partial charge in [-0.25, -0.2) is 23.2 Å². The molecule has 0 fully saturated rings.